The number of benzene rings is 3. The highest BCUT2D eigenvalue weighted by atomic mass is 35.5. The number of fused-ring (bicyclic) bond motifs is 3. The predicted molar refractivity (Wildman–Crippen MR) is 137 cm³/mol. The lowest BCUT2D eigenvalue weighted by atomic mass is 10.1. The Morgan fingerprint density at radius 1 is 0.914 bits per heavy atom. The van der Waals surface area contributed by atoms with Crippen LogP contribution in [0.4, 0.5) is 10.3 Å². The third-order valence-electron chi connectivity index (χ3n) is 6.58. The molecule has 1 fully saturated rings. The van der Waals surface area contributed by atoms with E-state index < -0.39 is 0 Å². The molecule has 0 spiro atoms. The van der Waals surface area contributed by atoms with Crippen molar-refractivity contribution in [3.8, 4) is 11.4 Å². The second-order valence-electron chi connectivity index (χ2n) is 8.98. The minimum atomic E-state index is -0.145. The van der Waals surface area contributed by atoms with Crippen LogP contribution in [-0.2, 0) is 6.54 Å². The summed E-state index contributed by atoms with van der Waals surface area (Å²) in [6.07, 6.45) is 0. The Morgan fingerprint density at radius 3 is 2.49 bits per heavy atom. The van der Waals surface area contributed by atoms with Crippen molar-refractivity contribution < 1.29 is 4.39 Å². The quantitative estimate of drug-likeness (QED) is 0.342. The van der Waals surface area contributed by atoms with Gasteiger partial charge < -0.3 is 4.90 Å². The van der Waals surface area contributed by atoms with Crippen molar-refractivity contribution in [2.45, 2.75) is 13.5 Å². The molecule has 8 heteroatoms. The average Bonchev–Trinajstić information content (AvgIpc) is 3.32. The molecule has 1 aliphatic heterocycles. The molecule has 0 unspecified atom stereocenters. The summed E-state index contributed by atoms with van der Waals surface area (Å²) in [5.74, 6) is 1.40. The van der Waals surface area contributed by atoms with Crippen molar-refractivity contribution in [3.63, 3.8) is 0 Å². The lowest BCUT2D eigenvalue weighted by molar-refractivity contribution is 0.245. The van der Waals surface area contributed by atoms with E-state index in [0.29, 0.717) is 11.6 Å². The second-order valence-corrected chi connectivity index (χ2v) is 9.41. The van der Waals surface area contributed by atoms with Gasteiger partial charge in [0.1, 0.15) is 5.82 Å². The van der Waals surface area contributed by atoms with Crippen LogP contribution in [0.15, 0.2) is 66.7 Å². The zero-order valence-corrected chi connectivity index (χ0v) is 20.1. The fourth-order valence-electron chi connectivity index (χ4n) is 4.74. The Hall–Kier alpha value is -3.55. The summed E-state index contributed by atoms with van der Waals surface area (Å²) < 4.78 is 16.4. The standard InChI is InChI=1S/C27H24ClFN6/c1-18-6-11-23(29)20(16-18)17-33-12-14-34(15-13-33)27-30-24-5-3-2-4-22(24)26-32-31-25(35(26)27)19-7-9-21(28)10-8-19/h2-11,16H,12-15,17H2,1H3. The van der Waals surface area contributed by atoms with Gasteiger partial charge in [0.2, 0.25) is 5.95 Å². The van der Waals surface area contributed by atoms with Gasteiger partial charge >= 0.3 is 0 Å². The number of nitrogens with zero attached hydrogens (tertiary/aromatic N) is 6. The highest BCUT2D eigenvalue weighted by molar-refractivity contribution is 6.30. The molecular weight excluding hydrogens is 463 g/mol. The minimum absolute atomic E-state index is 0.145. The van der Waals surface area contributed by atoms with Gasteiger partial charge in [-0.05, 0) is 49.4 Å². The monoisotopic (exact) mass is 486 g/mol. The summed E-state index contributed by atoms with van der Waals surface area (Å²) >= 11 is 6.12. The summed E-state index contributed by atoms with van der Waals surface area (Å²) in [6, 6.07) is 20.9. The summed E-state index contributed by atoms with van der Waals surface area (Å²) in [5, 5.41) is 10.7. The first-order valence-corrected chi connectivity index (χ1v) is 12.1. The molecule has 176 valence electrons. The van der Waals surface area contributed by atoms with E-state index in [2.05, 4.69) is 20.0 Å². The molecule has 0 atom stereocenters. The van der Waals surface area contributed by atoms with Crippen molar-refractivity contribution in [3.05, 3.63) is 88.7 Å². The molecular formula is C27H24ClFN6. The SMILES string of the molecule is Cc1ccc(F)c(CN2CCN(c3nc4ccccc4c4nnc(-c5ccc(Cl)cc5)n34)CC2)c1. The number of aryl methyl sites for hydroxylation is 1. The van der Waals surface area contributed by atoms with E-state index >= 15 is 0 Å². The number of halogens is 2. The smallest absolute Gasteiger partial charge is 0.213 e. The Kier molecular flexibility index (Phi) is 5.59. The molecule has 3 heterocycles. The molecule has 1 saturated heterocycles. The number of hydrogen-bond acceptors (Lipinski definition) is 5. The molecule has 1 aliphatic rings. The number of hydrogen-bond donors (Lipinski definition) is 0. The first kappa shape index (κ1) is 21.9. The van der Waals surface area contributed by atoms with Crippen molar-refractivity contribution in [1.29, 1.82) is 0 Å². The van der Waals surface area contributed by atoms with Gasteiger partial charge in [0.25, 0.3) is 0 Å². The van der Waals surface area contributed by atoms with Crippen LogP contribution in [0, 0.1) is 12.7 Å². The van der Waals surface area contributed by atoms with E-state index in [-0.39, 0.29) is 5.82 Å². The number of aromatic nitrogens is 4. The lowest BCUT2D eigenvalue weighted by Crippen LogP contribution is -2.47. The molecule has 0 N–H and O–H groups in total. The van der Waals surface area contributed by atoms with Gasteiger partial charge in [0.15, 0.2) is 11.5 Å². The molecule has 0 radical (unpaired) electrons. The maximum absolute atomic E-state index is 14.3. The number of anilines is 1. The summed E-state index contributed by atoms with van der Waals surface area (Å²) in [5.41, 5.74) is 4.40. The van der Waals surface area contributed by atoms with E-state index in [1.54, 1.807) is 6.07 Å². The van der Waals surface area contributed by atoms with Gasteiger partial charge in [-0.3, -0.25) is 4.90 Å². The first-order valence-electron chi connectivity index (χ1n) is 11.7. The lowest BCUT2D eigenvalue weighted by Gasteiger charge is -2.35. The Labute approximate surface area is 207 Å². The van der Waals surface area contributed by atoms with E-state index in [9.17, 15) is 4.39 Å². The van der Waals surface area contributed by atoms with Crippen molar-refractivity contribution in [1.82, 2.24) is 24.5 Å². The Morgan fingerprint density at radius 2 is 1.69 bits per heavy atom. The molecule has 0 aliphatic carbocycles. The summed E-state index contributed by atoms with van der Waals surface area (Å²) in [7, 11) is 0. The summed E-state index contributed by atoms with van der Waals surface area (Å²) in [6.45, 7) is 5.75. The van der Waals surface area contributed by atoms with Crippen LogP contribution in [0.2, 0.25) is 5.02 Å². The Bertz CT molecular complexity index is 1520. The van der Waals surface area contributed by atoms with Gasteiger partial charge in [-0.15, -0.1) is 10.2 Å². The minimum Gasteiger partial charge on any atom is -0.339 e. The van der Waals surface area contributed by atoms with E-state index in [0.717, 1.165) is 71.2 Å². The van der Waals surface area contributed by atoms with Gasteiger partial charge in [-0.1, -0.05) is 41.4 Å². The highest BCUT2D eigenvalue weighted by Gasteiger charge is 2.24. The normalized spacial score (nSPS) is 14.8. The van der Waals surface area contributed by atoms with Crippen LogP contribution in [0.1, 0.15) is 11.1 Å². The maximum atomic E-state index is 14.3. The predicted octanol–water partition coefficient (Wildman–Crippen LogP) is 5.37. The van der Waals surface area contributed by atoms with Crippen LogP contribution >= 0.6 is 11.6 Å². The Balaban J connectivity index is 1.36. The molecule has 5 aromatic rings. The van der Waals surface area contributed by atoms with Crippen molar-refractivity contribution >= 4 is 34.1 Å². The topological polar surface area (TPSA) is 49.6 Å². The van der Waals surface area contributed by atoms with E-state index in [4.69, 9.17) is 16.6 Å². The molecule has 35 heavy (non-hydrogen) atoms. The molecule has 2 aromatic heterocycles. The average molecular weight is 487 g/mol. The molecule has 6 rings (SSSR count). The molecule has 3 aromatic carbocycles. The molecule has 0 amide bonds. The van der Waals surface area contributed by atoms with E-state index in [1.165, 1.54) is 0 Å². The van der Waals surface area contributed by atoms with E-state index in [1.807, 2.05) is 72.0 Å². The van der Waals surface area contributed by atoms with Gasteiger partial charge in [-0.2, -0.15) is 0 Å². The summed E-state index contributed by atoms with van der Waals surface area (Å²) in [4.78, 5) is 9.60. The number of rotatable bonds is 4. The zero-order chi connectivity index (χ0) is 23.9. The van der Waals surface area contributed by atoms with Gasteiger partial charge in [-0.25, -0.2) is 13.8 Å². The first-order chi connectivity index (χ1) is 17.1. The number of piperazine rings is 1. The third-order valence-corrected chi connectivity index (χ3v) is 6.83. The van der Waals surface area contributed by atoms with Crippen LogP contribution in [0.5, 0.6) is 0 Å². The zero-order valence-electron chi connectivity index (χ0n) is 19.3. The maximum Gasteiger partial charge on any atom is 0.213 e. The van der Waals surface area contributed by atoms with Crippen molar-refractivity contribution in [2.75, 3.05) is 31.1 Å². The highest BCUT2D eigenvalue weighted by Crippen LogP contribution is 2.29. The van der Waals surface area contributed by atoms with Crippen LogP contribution in [-0.4, -0.2) is 50.7 Å². The molecule has 0 bridgehead atoms. The van der Waals surface area contributed by atoms with Crippen LogP contribution < -0.4 is 4.90 Å². The van der Waals surface area contributed by atoms with Gasteiger partial charge in [0, 0.05) is 54.3 Å². The van der Waals surface area contributed by atoms with Crippen molar-refractivity contribution in [2.24, 2.45) is 0 Å². The van der Waals surface area contributed by atoms with Gasteiger partial charge in [0.05, 0.1) is 5.52 Å². The van der Waals surface area contributed by atoms with Crippen LogP contribution in [0.3, 0.4) is 0 Å². The van der Waals surface area contributed by atoms with Crippen LogP contribution in [0.25, 0.3) is 27.9 Å². The second kappa shape index (κ2) is 8.91. The molecule has 6 nitrogen and oxygen atoms in total. The largest absolute Gasteiger partial charge is 0.339 e. The fourth-order valence-corrected chi connectivity index (χ4v) is 4.86. The number of para-hydroxylation sites is 1. The molecule has 0 saturated carbocycles. The fraction of sp³-hybridized carbons (Fsp3) is 0.222. The third kappa shape index (κ3) is 4.11.